The van der Waals surface area contributed by atoms with Crippen LogP contribution in [0.4, 0.5) is 0 Å². The standard InChI is InChI=1S/C20H25ClN2O3S/c1-15(16-4-3-5-17(21)12-16)23-11-10-22-18(13-23)14-26-19-6-8-20(9-7-19)27(2,24)25/h3-9,12,15,18,22H,10-11,13-14H2,1-2H3. The van der Waals surface area contributed by atoms with Crippen LogP contribution in [0, 0.1) is 0 Å². The molecule has 0 aliphatic carbocycles. The molecule has 2 aromatic carbocycles. The third-order valence-corrected chi connectivity index (χ3v) is 6.23. The van der Waals surface area contributed by atoms with Crippen LogP contribution in [0.1, 0.15) is 18.5 Å². The van der Waals surface area contributed by atoms with Crippen molar-refractivity contribution in [3.63, 3.8) is 0 Å². The number of nitrogens with zero attached hydrogens (tertiary/aromatic N) is 1. The number of sulfone groups is 1. The topological polar surface area (TPSA) is 58.6 Å². The molecule has 1 saturated heterocycles. The SMILES string of the molecule is CC(c1cccc(Cl)c1)N1CCNC(COc2ccc(S(C)(=O)=O)cc2)C1. The third-order valence-electron chi connectivity index (χ3n) is 4.87. The van der Waals surface area contributed by atoms with Gasteiger partial charge in [-0.25, -0.2) is 8.42 Å². The number of hydrogen-bond acceptors (Lipinski definition) is 5. The molecule has 0 amide bonds. The van der Waals surface area contributed by atoms with E-state index < -0.39 is 9.84 Å². The highest BCUT2D eigenvalue weighted by molar-refractivity contribution is 7.90. The number of halogens is 1. The van der Waals surface area contributed by atoms with Gasteiger partial charge in [0.1, 0.15) is 12.4 Å². The van der Waals surface area contributed by atoms with Crippen LogP contribution in [0.15, 0.2) is 53.4 Å². The van der Waals surface area contributed by atoms with Gasteiger partial charge in [0.25, 0.3) is 0 Å². The second-order valence-corrected chi connectivity index (χ2v) is 9.38. The summed E-state index contributed by atoms with van der Waals surface area (Å²) < 4.78 is 28.9. The number of nitrogens with one attached hydrogen (secondary N) is 1. The van der Waals surface area contributed by atoms with E-state index in [1.165, 1.54) is 11.8 Å². The summed E-state index contributed by atoms with van der Waals surface area (Å²) in [6, 6.07) is 15.0. The van der Waals surface area contributed by atoms with Crippen LogP contribution in [0.25, 0.3) is 0 Å². The second-order valence-electron chi connectivity index (χ2n) is 6.93. The summed E-state index contributed by atoms with van der Waals surface area (Å²) in [6.07, 6.45) is 1.20. The van der Waals surface area contributed by atoms with Gasteiger partial charge in [0.2, 0.25) is 0 Å². The Kier molecular flexibility index (Phi) is 6.42. The molecule has 7 heteroatoms. The molecule has 3 rings (SSSR count). The predicted octanol–water partition coefficient (Wildman–Crippen LogP) is 3.16. The molecule has 0 spiro atoms. The Morgan fingerprint density at radius 1 is 1.26 bits per heavy atom. The fraction of sp³-hybridized carbons (Fsp3) is 0.400. The van der Waals surface area contributed by atoms with Crippen LogP contribution in [0.3, 0.4) is 0 Å². The van der Waals surface area contributed by atoms with Gasteiger partial charge >= 0.3 is 0 Å². The Bertz CT molecular complexity index is 871. The van der Waals surface area contributed by atoms with E-state index in [0.29, 0.717) is 17.3 Å². The van der Waals surface area contributed by atoms with E-state index in [9.17, 15) is 8.42 Å². The molecule has 5 nitrogen and oxygen atoms in total. The molecule has 1 aliphatic heterocycles. The first kappa shape index (κ1) is 20.1. The molecule has 2 atom stereocenters. The predicted molar refractivity (Wildman–Crippen MR) is 108 cm³/mol. The van der Waals surface area contributed by atoms with Gasteiger partial charge in [-0.05, 0) is 48.9 Å². The maximum atomic E-state index is 11.5. The summed E-state index contributed by atoms with van der Waals surface area (Å²) in [7, 11) is -3.19. The zero-order valence-corrected chi connectivity index (χ0v) is 17.1. The van der Waals surface area contributed by atoms with Crippen molar-refractivity contribution in [1.82, 2.24) is 10.2 Å². The van der Waals surface area contributed by atoms with E-state index in [4.69, 9.17) is 16.3 Å². The van der Waals surface area contributed by atoms with E-state index in [-0.39, 0.29) is 12.1 Å². The van der Waals surface area contributed by atoms with E-state index in [1.54, 1.807) is 24.3 Å². The van der Waals surface area contributed by atoms with Gasteiger partial charge in [-0.1, -0.05) is 23.7 Å². The van der Waals surface area contributed by atoms with Crippen molar-refractivity contribution in [2.24, 2.45) is 0 Å². The minimum absolute atomic E-state index is 0.204. The van der Waals surface area contributed by atoms with Crippen LogP contribution >= 0.6 is 11.6 Å². The largest absolute Gasteiger partial charge is 0.492 e. The first-order valence-corrected chi connectivity index (χ1v) is 11.3. The average Bonchev–Trinajstić information content (AvgIpc) is 2.65. The molecule has 1 fully saturated rings. The minimum Gasteiger partial charge on any atom is -0.492 e. The molecular weight excluding hydrogens is 384 g/mol. The molecule has 0 aromatic heterocycles. The molecular formula is C20H25ClN2O3S. The van der Waals surface area contributed by atoms with Crippen molar-refractivity contribution in [2.75, 3.05) is 32.5 Å². The van der Waals surface area contributed by atoms with Crippen molar-refractivity contribution in [3.8, 4) is 5.75 Å². The summed E-state index contributed by atoms with van der Waals surface area (Å²) in [5.41, 5.74) is 1.21. The van der Waals surface area contributed by atoms with Crippen molar-refractivity contribution in [2.45, 2.75) is 23.9 Å². The normalized spacial score (nSPS) is 19.6. The van der Waals surface area contributed by atoms with Gasteiger partial charge < -0.3 is 10.1 Å². The first-order valence-electron chi connectivity index (χ1n) is 8.99. The first-order chi connectivity index (χ1) is 12.8. The lowest BCUT2D eigenvalue weighted by atomic mass is 10.1. The number of piperazine rings is 1. The van der Waals surface area contributed by atoms with Gasteiger partial charge in [0.05, 0.1) is 10.9 Å². The molecule has 2 unspecified atom stereocenters. The molecule has 1 aliphatic rings. The Balaban J connectivity index is 1.57. The van der Waals surface area contributed by atoms with E-state index in [1.807, 2.05) is 18.2 Å². The second kappa shape index (κ2) is 8.61. The van der Waals surface area contributed by atoms with Crippen molar-refractivity contribution in [3.05, 3.63) is 59.1 Å². The van der Waals surface area contributed by atoms with Crippen LogP contribution in [0.2, 0.25) is 5.02 Å². The van der Waals surface area contributed by atoms with Crippen LogP contribution in [0.5, 0.6) is 5.75 Å². The van der Waals surface area contributed by atoms with Gasteiger partial charge in [0, 0.05) is 37.0 Å². The van der Waals surface area contributed by atoms with Crippen LogP contribution in [-0.4, -0.2) is 51.9 Å². The minimum atomic E-state index is -3.19. The number of hydrogen-bond donors (Lipinski definition) is 1. The highest BCUT2D eigenvalue weighted by atomic mass is 35.5. The van der Waals surface area contributed by atoms with E-state index >= 15 is 0 Å². The highest BCUT2D eigenvalue weighted by Crippen LogP contribution is 2.24. The molecule has 0 bridgehead atoms. The van der Waals surface area contributed by atoms with E-state index in [2.05, 4.69) is 23.2 Å². The lowest BCUT2D eigenvalue weighted by Gasteiger charge is -2.37. The maximum absolute atomic E-state index is 11.5. The molecule has 0 saturated carbocycles. The number of benzene rings is 2. The summed E-state index contributed by atoms with van der Waals surface area (Å²) in [6.45, 7) is 5.45. The fourth-order valence-electron chi connectivity index (χ4n) is 3.27. The number of rotatable bonds is 6. The molecule has 1 heterocycles. The van der Waals surface area contributed by atoms with Crippen LogP contribution in [-0.2, 0) is 9.84 Å². The lowest BCUT2D eigenvalue weighted by molar-refractivity contribution is 0.125. The van der Waals surface area contributed by atoms with Gasteiger partial charge in [0.15, 0.2) is 9.84 Å². The van der Waals surface area contributed by atoms with Gasteiger partial charge in [-0.2, -0.15) is 0 Å². The number of ether oxygens (including phenoxy) is 1. The Hall–Kier alpha value is -1.60. The molecule has 2 aromatic rings. The van der Waals surface area contributed by atoms with E-state index in [0.717, 1.165) is 24.7 Å². The lowest BCUT2D eigenvalue weighted by Crippen LogP contribution is -2.53. The van der Waals surface area contributed by atoms with Gasteiger partial charge in [-0.3, -0.25) is 4.90 Å². The zero-order valence-electron chi connectivity index (χ0n) is 15.6. The molecule has 146 valence electrons. The molecule has 1 N–H and O–H groups in total. The van der Waals surface area contributed by atoms with Crippen molar-refractivity contribution < 1.29 is 13.2 Å². The monoisotopic (exact) mass is 408 g/mol. The highest BCUT2D eigenvalue weighted by Gasteiger charge is 2.24. The Labute approximate surface area is 166 Å². The van der Waals surface area contributed by atoms with Crippen molar-refractivity contribution in [1.29, 1.82) is 0 Å². The molecule has 0 radical (unpaired) electrons. The maximum Gasteiger partial charge on any atom is 0.175 e. The summed E-state index contributed by atoms with van der Waals surface area (Å²) in [4.78, 5) is 2.72. The van der Waals surface area contributed by atoms with Crippen molar-refractivity contribution >= 4 is 21.4 Å². The third kappa shape index (κ3) is 5.45. The smallest absolute Gasteiger partial charge is 0.175 e. The Morgan fingerprint density at radius 3 is 2.67 bits per heavy atom. The Morgan fingerprint density at radius 2 is 2.00 bits per heavy atom. The van der Waals surface area contributed by atoms with Gasteiger partial charge in [-0.15, -0.1) is 0 Å². The molecule has 27 heavy (non-hydrogen) atoms. The average molecular weight is 409 g/mol. The summed E-state index contributed by atoms with van der Waals surface area (Å²) in [5, 5.41) is 4.24. The zero-order chi connectivity index (χ0) is 19.4. The fourth-order valence-corrected chi connectivity index (χ4v) is 4.10. The van der Waals surface area contributed by atoms with Crippen LogP contribution < -0.4 is 10.1 Å². The quantitative estimate of drug-likeness (QED) is 0.795. The summed E-state index contributed by atoms with van der Waals surface area (Å²) in [5.74, 6) is 0.671. The summed E-state index contributed by atoms with van der Waals surface area (Å²) >= 11 is 6.12.